The summed E-state index contributed by atoms with van der Waals surface area (Å²) in [5.41, 5.74) is 0.370. The fraction of sp³-hybridized carbons (Fsp3) is 0.421. The smallest absolute Gasteiger partial charge is 0.285 e. The Morgan fingerprint density at radius 3 is 2.71 bits per heavy atom. The van der Waals surface area contributed by atoms with Crippen molar-refractivity contribution in [2.75, 3.05) is 18.4 Å². The lowest BCUT2D eigenvalue weighted by atomic mass is 9.89. The number of nitrogens with one attached hydrogen (secondary N) is 1. The van der Waals surface area contributed by atoms with Crippen LogP contribution in [0.5, 0.6) is 0 Å². The fourth-order valence-electron chi connectivity index (χ4n) is 3.93. The van der Waals surface area contributed by atoms with Crippen LogP contribution in [0.4, 0.5) is 19.1 Å². The van der Waals surface area contributed by atoms with Crippen molar-refractivity contribution in [2.45, 2.75) is 36.2 Å². The van der Waals surface area contributed by atoms with Gasteiger partial charge >= 0.3 is 12.1 Å². The molecular weight excluding hydrogens is 477 g/mol. The molecule has 11 nitrogen and oxygen atoms in total. The van der Waals surface area contributed by atoms with Crippen LogP contribution in [0.3, 0.4) is 0 Å². The van der Waals surface area contributed by atoms with Gasteiger partial charge in [0.25, 0.3) is 0 Å². The maximum atomic E-state index is 12.6. The lowest BCUT2D eigenvalue weighted by Crippen LogP contribution is -2.64. The summed E-state index contributed by atoms with van der Waals surface area (Å²) in [7, 11) is -3.37. The number of pyridine rings is 1. The van der Waals surface area contributed by atoms with E-state index < -0.39 is 33.6 Å². The van der Waals surface area contributed by atoms with Crippen molar-refractivity contribution in [2.24, 2.45) is 0 Å². The van der Waals surface area contributed by atoms with Crippen molar-refractivity contribution in [1.82, 2.24) is 28.7 Å². The highest BCUT2D eigenvalue weighted by Gasteiger charge is 2.53. The zero-order valence-electron chi connectivity index (χ0n) is 17.4. The van der Waals surface area contributed by atoms with Gasteiger partial charge in [-0.3, -0.25) is 14.8 Å². The molecule has 178 valence electrons. The molecule has 34 heavy (non-hydrogen) atoms. The number of carbonyl (C=O) groups excluding carboxylic acids is 1. The van der Waals surface area contributed by atoms with E-state index in [9.17, 15) is 31.6 Å². The standard InChI is InChI=1S/C19H17F3N8O3S/c20-19(21,22)16(31)26-17-25-15-14(2-1-7-29(15)27-17)12-8-24-30(9-12)18(5-6-23)10-28(11-18)34(32,33)13-3-4-13/h1-2,7-9,13H,3-5,10-11H2,(H,26,27,31). The molecule has 1 saturated carbocycles. The van der Waals surface area contributed by atoms with E-state index >= 15 is 0 Å². The molecule has 1 saturated heterocycles. The normalized spacial score (nSPS) is 18.4. The zero-order valence-corrected chi connectivity index (χ0v) is 18.2. The number of halogens is 3. The predicted molar refractivity (Wildman–Crippen MR) is 111 cm³/mol. The van der Waals surface area contributed by atoms with E-state index in [1.54, 1.807) is 28.3 Å². The van der Waals surface area contributed by atoms with E-state index in [-0.39, 0.29) is 30.4 Å². The first kappa shape index (κ1) is 22.3. The number of hydrogen-bond acceptors (Lipinski definition) is 7. The number of rotatable bonds is 6. The maximum absolute atomic E-state index is 12.6. The summed E-state index contributed by atoms with van der Waals surface area (Å²) in [6.07, 6.45) is 0.843. The van der Waals surface area contributed by atoms with Gasteiger partial charge in [-0.05, 0) is 25.0 Å². The number of alkyl halides is 3. The second-order valence-electron chi connectivity index (χ2n) is 8.32. The van der Waals surface area contributed by atoms with Gasteiger partial charge in [0.05, 0.1) is 23.9 Å². The summed E-state index contributed by atoms with van der Waals surface area (Å²) in [5, 5.41) is 18.8. The Labute approximate surface area is 190 Å². The summed E-state index contributed by atoms with van der Waals surface area (Å²) in [4.78, 5) is 15.2. The zero-order chi connectivity index (χ0) is 24.3. The minimum absolute atomic E-state index is 0.0492. The first-order valence-corrected chi connectivity index (χ1v) is 11.7. The number of hydrogen-bond donors (Lipinski definition) is 1. The molecule has 1 aliphatic heterocycles. The summed E-state index contributed by atoms with van der Waals surface area (Å²) in [6, 6.07) is 5.35. The molecule has 0 bridgehead atoms. The Bertz CT molecular complexity index is 1430. The SMILES string of the molecule is N#CCC1(n2cc(-c3cccn4nc(NC(=O)C(F)(F)F)nc34)cn2)CN(S(=O)(=O)C2CC2)C1. The highest BCUT2D eigenvalue weighted by Crippen LogP contribution is 2.40. The molecule has 4 heterocycles. The van der Waals surface area contributed by atoms with Gasteiger partial charge in [-0.15, -0.1) is 5.10 Å². The van der Waals surface area contributed by atoms with Crippen LogP contribution in [0.1, 0.15) is 19.3 Å². The number of nitrogens with zero attached hydrogens (tertiary/aromatic N) is 7. The lowest BCUT2D eigenvalue weighted by molar-refractivity contribution is -0.167. The van der Waals surface area contributed by atoms with Crippen LogP contribution in [-0.4, -0.2) is 67.5 Å². The molecule has 1 amide bonds. The molecule has 3 aromatic heterocycles. The third kappa shape index (κ3) is 3.68. The van der Waals surface area contributed by atoms with E-state index in [2.05, 4.69) is 21.3 Å². The number of aromatic nitrogens is 5. The summed E-state index contributed by atoms with van der Waals surface area (Å²) in [6.45, 7) is 0.256. The van der Waals surface area contributed by atoms with Crippen molar-refractivity contribution in [3.8, 4) is 17.2 Å². The van der Waals surface area contributed by atoms with E-state index in [0.717, 1.165) is 0 Å². The van der Waals surface area contributed by atoms with Gasteiger partial charge in [0.1, 0.15) is 5.54 Å². The van der Waals surface area contributed by atoms with Gasteiger partial charge in [0, 0.05) is 36.6 Å². The number of carbonyl (C=O) groups is 1. The Hall–Kier alpha value is -3.51. The van der Waals surface area contributed by atoms with Crippen molar-refractivity contribution >= 4 is 27.5 Å². The van der Waals surface area contributed by atoms with E-state index in [0.29, 0.717) is 24.0 Å². The number of nitriles is 1. The van der Waals surface area contributed by atoms with Gasteiger partial charge in [-0.1, -0.05) is 0 Å². The third-order valence-electron chi connectivity index (χ3n) is 5.88. The second-order valence-corrected chi connectivity index (χ2v) is 10.5. The molecule has 0 spiro atoms. The largest absolute Gasteiger partial charge is 0.471 e. The molecule has 5 rings (SSSR count). The molecule has 3 aromatic rings. The van der Waals surface area contributed by atoms with Crippen LogP contribution in [0.2, 0.25) is 0 Å². The average Bonchev–Trinajstić information content (AvgIpc) is 3.36. The molecular formula is C19H17F3N8O3S. The average molecular weight is 494 g/mol. The molecule has 2 fully saturated rings. The minimum atomic E-state index is -5.08. The van der Waals surface area contributed by atoms with Crippen LogP contribution in [0.15, 0.2) is 30.7 Å². The van der Waals surface area contributed by atoms with Gasteiger partial charge in [-0.2, -0.15) is 32.8 Å². The van der Waals surface area contributed by atoms with Gasteiger partial charge < -0.3 is 0 Å². The highest BCUT2D eigenvalue weighted by atomic mass is 32.2. The molecule has 1 aliphatic carbocycles. The first-order chi connectivity index (χ1) is 16.0. The van der Waals surface area contributed by atoms with Crippen LogP contribution in [-0.2, 0) is 20.4 Å². The number of amides is 1. The Balaban J connectivity index is 1.43. The summed E-state index contributed by atoms with van der Waals surface area (Å²) >= 11 is 0. The van der Waals surface area contributed by atoms with E-state index in [1.165, 1.54) is 21.2 Å². The molecule has 1 N–H and O–H groups in total. The third-order valence-corrected chi connectivity index (χ3v) is 8.17. The molecule has 2 aliphatic rings. The van der Waals surface area contributed by atoms with Crippen LogP contribution in [0.25, 0.3) is 16.8 Å². The van der Waals surface area contributed by atoms with Gasteiger partial charge in [-0.25, -0.2) is 12.9 Å². The van der Waals surface area contributed by atoms with Gasteiger partial charge in [0.15, 0.2) is 5.65 Å². The number of fused-ring (bicyclic) bond motifs is 1. The van der Waals surface area contributed by atoms with Crippen molar-refractivity contribution in [1.29, 1.82) is 5.26 Å². The Morgan fingerprint density at radius 2 is 2.06 bits per heavy atom. The molecule has 0 aromatic carbocycles. The summed E-state index contributed by atoms with van der Waals surface area (Å²) < 4.78 is 66.8. The number of sulfonamides is 1. The van der Waals surface area contributed by atoms with E-state index in [1.807, 2.05) is 0 Å². The van der Waals surface area contributed by atoms with Crippen molar-refractivity contribution in [3.63, 3.8) is 0 Å². The maximum Gasteiger partial charge on any atom is 0.471 e. The summed E-state index contributed by atoms with van der Waals surface area (Å²) in [5.74, 6) is -2.70. The van der Waals surface area contributed by atoms with Crippen molar-refractivity contribution < 1.29 is 26.4 Å². The second kappa shape index (κ2) is 7.50. The molecule has 0 unspecified atom stereocenters. The molecule has 0 atom stereocenters. The highest BCUT2D eigenvalue weighted by molar-refractivity contribution is 7.90. The topological polar surface area (TPSA) is 138 Å². The monoisotopic (exact) mass is 494 g/mol. The lowest BCUT2D eigenvalue weighted by Gasteiger charge is -2.48. The van der Waals surface area contributed by atoms with Crippen LogP contribution in [0, 0.1) is 11.3 Å². The Morgan fingerprint density at radius 1 is 1.32 bits per heavy atom. The molecule has 0 radical (unpaired) electrons. The molecule has 15 heteroatoms. The van der Waals surface area contributed by atoms with Crippen LogP contribution >= 0.6 is 0 Å². The van der Waals surface area contributed by atoms with Crippen LogP contribution < -0.4 is 5.32 Å². The fourth-order valence-corrected chi connectivity index (χ4v) is 5.92. The Kier molecular flexibility index (Phi) is 4.92. The number of anilines is 1. The first-order valence-electron chi connectivity index (χ1n) is 10.2. The van der Waals surface area contributed by atoms with Crippen molar-refractivity contribution in [3.05, 3.63) is 30.7 Å². The predicted octanol–water partition coefficient (Wildman–Crippen LogP) is 1.51. The van der Waals surface area contributed by atoms with Gasteiger partial charge in [0.2, 0.25) is 16.0 Å². The minimum Gasteiger partial charge on any atom is -0.285 e. The quantitative estimate of drug-likeness (QED) is 0.548. The van der Waals surface area contributed by atoms with E-state index in [4.69, 9.17) is 0 Å².